The van der Waals surface area contributed by atoms with Gasteiger partial charge in [-0.25, -0.2) is 0 Å². The van der Waals surface area contributed by atoms with Crippen LogP contribution in [0.25, 0.3) is 11.1 Å². The summed E-state index contributed by atoms with van der Waals surface area (Å²) >= 11 is 0. The summed E-state index contributed by atoms with van der Waals surface area (Å²) < 4.78 is 94.1. The van der Waals surface area contributed by atoms with Crippen molar-refractivity contribution in [1.82, 2.24) is 4.31 Å². The number of hydrogen-bond donors (Lipinski definition) is 0. The molecule has 0 fully saturated rings. The van der Waals surface area contributed by atoms with Crippen LogP contribution in [0.4, 0.5) is 13.2 Å². The van der Waals surface area contributed by atoms with Crippen LogP contribution in [0.15, 0.2) is 89.8 Å². The smallest absolute Gasteiger partial charge is 0.378 e. The molecular weight excluding hydrogens is 523 g/mol. The predicted octanol–water partition coefficient (Wildman–Crippen LogP) is 3.58. The third kappa shape index (κ3) is 4.27. The van der Waals surface area contributed by atoms with Gasteiger partial charge in [0.15, 0.2) is 5.75 Å². The topological polar surface area (TPSA) is 115 Å². The number of rotatable bonds is 6. The van der Waals surface area contributed by atoms with Crippen LogP contribution in [0.1, 0.15) is 11.1 Å². The van der Waals surface area contributed by atoms with Crippen molar-refractivity contribution in [2.75, 3.05) is 0 Å². The van der Waals surface area contributed by atoms with Gasteiger partial charge in [-0.15, -0.1) is 0 Å². The molecule has 1 heterocycles. The van der Waals surface area contributed by atoms with Gasteiger partial charge in [-0.3, -0.25) is 9.59 Å². The Labute approximate surface area is 203 Å². The Bertz CT molecular complexity index is 1600. The fourth-order valence-corrected chi connectivity index (χ4v) is 5.25. The third-order valence-electron chi connectivity index (χ3n) is 5.03. The van der Waals surface area contributed by atoms with E-state index in [9.17, 15) is 39.6 Å². The van der Waals surface area contributed by atoms with Gasteiger partial charge in [0.1, 0.15) is 4.90 Å². The van der Waals surface area contributed by atoms with Gasteiger partial charge in [-0.05, 0) is 23.8 Å². The van der Waals surface area contributed by atoms with Gasteiger partial charge in [-0.2, -0.15) is 34.3 Å². The van der Waals surface area contributed by atoms with Crippen LogP contribution >= 0.6 is 0 Å². The minimum Gasteiger partial charge on any atom is -0.378 e. The lowest BCUT2D eigenvalue weighted by Gasteiger charge is -2.17. The number of amides is 2. The molecule has 0 spiro atoms. The Morgan fingerprint density at radius 2 is 1.17 bits per heavy atom. The van der Waals surface area contributed by atoms with Crippen molar-refractivity contribution < 1.29 is 43.8 Å². The number of benzene rings is 3. The van der Waals surface area contributed by atoms with Gasteiger partial charge < -0.3 is 4.18 Å². The van der Waals surface area contributed by atoms with Gasteiger partial charge in [0, 0.05) is 5.56 Å². The van der Waals surface area contributed by atoms with Crippen molar-refractivity contribution in [2.45, 2.75) is 10.4 Å². The summed E-state index contributed by atoms with van der Waals surface area (Å²) in [4.78, 5) is 25.9. The summed E-state index contributed by atoms with van der Waals surface area (Å²) in [6, 6.07) is 18.7. The van der Waals surface area contributed by atoms with E-state index in [1.807, 2.05) is 0 Å². The first-order valence-electron chi connectivity index (χ1n) is 9.95. The van der Waals surface area contributed by atoms with Crippen LogP contribution in [0.2, 0.25) is 0 Å². The van der Waals surface area contributed by atoms with Crippen molar-refractivity contribution >= 4 is 43.1 Å². The summed E-state index contributed by atoms with van der Waals surface area (Å²) in [5, 5.41) is 0. The van der Waals surface area contributed by atoms with Crippen molar-refractivity contribution in [3.05, 3.63) is 96.1 Å². The zero-order chi connectivity index (χ0) is 26.3. The molecule has 2 amide bonds. The SMILES string of the molecule is O=C1C(c2ccccc2)=C(c2ccccc2OS(=O)(=O)c2ccccc2)C(=O)N1S(=O)(=O)C(F)(F)F. The first-order valence-corrected chi connectivity index (χ1v) is 12.8. The fourth-order valence-electron chi connectivity index (χ4n) is 3.45. The number of nitrogens with zero attached hydrogens (tertiary/aromatic N) is 1. The molecule has 1 aliphatic heterocycles. The van der Waals surface area contributed by atoms with Gasteiger partial charge in [0.2, 0.25) is 0 Å². The molecule has 0 bridgehead atoms. The first kappa shape index (κ1) is 25.1. The highest BCUT2D eigenvalue weighted by atomic mass is 32.2. The molecule has 0 radical (unpaired) electrons. The fraction of sp³-hybridized carbons (Fsp3) is 0.0435. The number of sulfonamides is 1. The van der Waals surface area contributed by atoms with E-state index in [1.54, 1.807) is 6.07 Å². The maximum Gasteiger partial charge on any atom is 0.517 e. The second-order valence-electron chi connectivity index (χ2n) is 7.29. The largest absolute Gasteiger partial charge is 0.517 e. The average Bonchev–Trinajstić information content (AvgIpc) is 3.09. The summed E-state index contributed by atoms with van der Waals surface area (Å²) in [5.41, 5.74) is -7.85. The summed E-state index contributed by atoms with van der Waals surface area (Å²) in [6.07, 6.45) is 0. The van der Waals surface area contributed by atoms with Gasteiger partial charge in [0.05, 0.1) is 11.1 Å². The second-order valence-corrected chi connectivity index (χ2v) is 10.6. The van der Waals surface area contributed by atoms with E-state index in [4.69, 9.17) is 4.18 Å². The van der Waals surface area contributed by atoms with Crippen LogP contribution in [-0.2, 0) is 29.7 Å². The summed E-state index contributed by atoms with van der Waals surface area (Å²) in [5.74, 6) is -4.04. The number of alkyl halides is 3. The van der Waals surface area contributed by atoms with E-state index < -0.39 is 64.2 Å². The Kier molecular flexibility index (Phi) is 6.22. The van der Waals surface area contributed by atoms with Gasteiger partial charge in [-0.1, -0.05) is 66.7 Å². The molecule has 0 aliphatic carbocycles. The molecule has 36 heavy (non-hydrogen) atoms. The Morgan fingerprint density at radius 1 is 0.667 bits per heavy atom. The third-order valence-corrected chi connectivity index (χ3v) is 7.68. The number of carbonyl (C=O) groups excluding carboxylic acids is 2. The zero-order valence-electron chi connectivity index (χ0n) is 17.8. The second kappa shape index (κ2) is 8.91. The average molecular weight is 537 g/mol. The van der Waals surface area contributed by atoms with Crippen LogP contribution in [0.3, 0.4) is 0 Å². The van der Waals surface area contributed by atoms with Crippen LogP contribution < -0.4 is 4.18 Å². The molecule has 1 aliphatic rings. The van der Waals surface area contributed by atoms with Crippen molar-refractivity contribution in [1.29, 1.82) is 0 Å². The van der Waals surface area contributed by atoms with Crippen LogP contribution in [-0.4, -0.2) is 38.5 Å². The molecule has 0 saturated heterocycles. The molecule has 4 rings (SSSR count). The maximum absolute atomic E-state index is 13.3. The number of para-hydroxylation sites is 1. The molecule has 186 valence electrons. The highest BCUT2D eigenvalue weighted by Crippen LogP contribution is 2.43. The van der Waals surface area contributed by atoms with E-state index >= 15 is 0 Å². The molecule has 0 unspecified atom stereocenters. The van der Waals surface area contributed by atoms with Crippen molar-refractivity contribution in [3.8, 4) is 5.75 Å². The molecular formula is C23H14F3NO7S2. The lowest BCUT2D eigenvalue weighted by molar-refractivity contribution is -0.131. The van der Waals surface area contributed by atoms with Crippen LogP contribution in [0.5, 0.6) is 5.75 Å². The van der Waals surface area contributed by atoms with E-state index in [1.165, 1.54) is 66.7 Å². The molecule has 3 aromatic carbocycles. The summed E-state index contributed by atoms with van der Waals surface area (Å²) in [6.45, 7) is 0. The van der Waals surface area contributed by atoms with E-state index in [-0.39, 0.29) is 10.5 Å². The quantitative estimate of drug-likeness (QED) is 0.349. The van der Waals surface area contributed by atoms with E-state index in [0.717, 1.165) is 12.1 Å². The van der Waals surface area contributed by atoms with Gasteiger partial charge >= 0.3 is 25.6 Å². The monoisotopic (exact) mass is 537 g/mol. The molecule has 0 aromatic heterocycles. The number of imide groups is 1. The minimum atomic E-state index is -6.41. The first-order chi connectivity index (χ1) is 16.9. The molecule has 3 aromatic rings. The lowest BCUT2D eigenvalue weighted by Crippen LogP contribution is -2.44. The Morgan fingerprint density at radius 3 is 1.75 bits per heavy atom. The minimum absolute atomic E-state index is 0.0635. The maximum atomic E-state index is 13.3. The van der Waals surface area contributed by atoms with Gasteiger partial charge in [0.25, 0.3) is 11.8 Å². The number of carbonyl (C=O) groups is 2. The predicted molar refractivity (Wildman–Crippen MR) is 121 cm³/mol. The van der Waals surface area contributed by atoms with Crippen LogP contribution in [0, 0.1) is 0 Å². The lowest BCUT2D eigenvalue weighted by atomic mass is 9.96. The molecule has 0 N–H and O–H groups in total. The highest BCUT2D eigenvalue weighted by molar-refractivity contribution is 7.91. The van der Waals surface area contributed by atoms with E-state index in [0.29, 0.717) is 0 Å². The summed E-state index contributed by atoms with van der Waals surface area (Å²) in [7, 11) is -10.9. The molecule has 0 atom stereocenters. The zero-order valence-corrected chi connectivity index (χ0v) is 19.5. The molecule has 8 nitrogen and oxygen atoms in total. The Hall–Kier alpha value is -3.97. The Balaban J connectivity index is 1.94. The van der Waals surface area contributed by atoms with Crippen molar-refractivity contribution in [3.63, 3.8) is 0 Å². The number of halogens is 3. The molecule has 13 heteroatoms. The normalized spacial score (nSPS) is 14.9. The highest BCUT2D eigenvalue weighted by Gasteiger charge is 2.58. The standard InChI is InChI=1S/C23H14F3NO7S2/c24-23(25,26)36(32,33)27-21(28)19(15-9-3-1-4-10-15)20(22(27)29)17-13-7-8-14-18(17)34-35(30,31)16-11-5-2-6-12-16/h1-14H. The number of hydrogen-bond acceptors (Lipinski definition) is 7. The van der Waals surface area contributed by atoms with Crippen molar-refractivity contribution in [2.24, 2.45) is 0 Å². The molecule has 0 saturated carbocycles. The van der Waals surface area contributed by atoms with E-state index in [2.05, 4.69) is 0 Å².